The van der Waals surface area contributed by atoms with Crippen LogP contribution in [0.4, 0.5) is 0 Å². The molecule has 6 nitrogen and oxygen atoms in total. The van der Waals surface area contributed by atoms with E-state index in [0.717, 1.165) is 0 Å². The van der Waals surface area contributed by atoms with Crippen molar-refractivity contribution >= 4 is 11.7 Å². The van der Waals surface area contributed by atoms with Gasteiger partial charge in [0.05, 0.1) is 12.1 Å². The van der Waals surface area contributed by atoms with Crippen LogP contribution < -0.4 is 22.1 Å². The van der Waals surface area contributed by atoms with Gasteiger partial charge in [0, 0.05) is 0 Å². The molecule has 0 aromatic rings. The number of Topliss-reactive ketones (excluding diaryl/α,β-unsaturated/α-hetero) is 1. The molecular weight excluding hydrogens is 208 g/mol. The zero-order chi connectivity index (χ0) is 12.6. The van der Waals surface area contributed by atoms with Gasteiger partial charge >= 0.3 is 0 Å². The second kappa shape index (κ2) is 8.20. The molecule has 0 saturated heterocycles. The summed E-state index contributed by atoms with van der Waals surface area (Å²) in [5.41, 5.74) is 10.8. The van der Waals surface area contributed by atoms with E-state index in [2.05, 4.69) is 10.6 Å². The third kappa shape index (κ3) is 5.20. The molecule has 6 N–H and O–H groups in total. The summed E-state index contributed by atoms with van der Waals surface area (Å²) in [5.74, 6) is -0.289. The van der Waals surface area contributed by atoms with Gasteiger partial charge in [-0.1, -0.05) is 0 Å². The molecule has 0 spiro atoms. The van der Waals surface area contributed by atoms with Gasteiger partial charge in [0.2, 0.25) is 5.91 Å². The number of carbonyl (C=O) groups excluding carboxylic acids is 2. The van der Waals surface area contributed by atoms with Gasteiger partial charge in [-0.15, -0.1) is 0 Å². The van der Waals surface area contributed by atoms with Gasteiger partial charge < -0.3 is 22.1 Å². The predicted octanol–water partition coefficient (Wildman–Crippen LogP) is -1.65. The Morgan fingerprint density at radius 3 is 2.00 bits per heavy atom. The number of nitrogens with two attached hydrogens (primary N) is 2. The molecule has 1 amide bonds. The van der Waals surface area contributed by atoms with E-state index in [9.17, 15) is 9.59 Å². The number of nitrogens with one attached hydrogen (secondary N) is 2. The molecule has 6 heteroatoms. The Kier molecular flexibility index (Phi) is 7.70. The topological polar surface area (TPSA) is 110 Å². The Labute approximate surface area is 96.1 Å². The molecule has 0 aliphatic heterocycles. The zero-order valence-electron chi connectivity index (χ0n) is 9.95. The largest absolute Gasteiger partial charge is 0.345 e. The maximum Gasteiger partial charge on any atom is 0.237 e. The summed E-state index contributed by atoms with van der Waals surface area (Å²) in [6.07, 6.45) is 0.996. The van der Waals surface area contributed by atoms with Crippen LogP contribution in [-0.2, 0) is 9.59 Å². The minimum Gasteiger partial charge on any atom is -0.345 e. The second-order valence-corrected chi connectivity index (χ2v) is 3.67. The van der Waals surface area contributed by atoms with Crippen LogP contribution in [0.3, 0.4) is 0 Å². The Hall–Kier alpha value is -0.980. The van der Waals surface area contributed by atoms with Crippen molar-refractivity contribution in [1.29, 1.82) is 0 Å². The smallest absolute Gasteiger partial charge is 0.237 e. The summed E-state index contributed by atoms with van der Waals surface area (Å²) < 4.78 is 0. The number of hydrogen-bond acceptors (Lipinski definition) is 5. The lowest BCUT2D eigenvalue weighted by Crippen LogP contribution is -2.50. The average Bonchev–Trinajstić information content (AvgIpc) is 2.24. The van der Waals surface area contributed by atoms with Gasteiger partial charge in [-0.3, -0.25) is 9.59 Å². The van der Waals surface area contributed by atoms with Crippen molar-refractivity contribution in [3.63, 3.8) is 0 Å². The number of hydrogen-bond donors (Lipinski definition) is 4. The van der Waals surface area contributed by atoms with Crippen LogP contribution in [0.25, 0.3) is 0 Å². The van der Waals surface area contributed by atoms with Crippen LogP contribution in [0.1, 0.15) is 19.8 Å². The Morgan fingerprint density at radius 1 is 1.12 bits per heavy atom. The molecule has 0 saturated carbocycles. The van der Waals surface area contributed by atoms with Crippen LogP contribution in [0.5, 0.6) is 0 Å². The molecule has 0 aliphatic rings. The summed E-state index contributed by atoms with van der Waals surface area (Å²) in [4.78, 5) is 23.0. The molecule has 0 rings (SSSR count). The summed E-state index contributed by atoms with van der Waals surface area (Å²) in [7, 11) is 1.69. The molecule has 2 atom stereocenters. The van der Waals surface area contributed by atoms with Crippen molar-refractivity contribution < 1.29 is 9.59 Å². The first kappa shape index (κ1) is 15.0. The molecule has 94 valence electrons. The van der Waals surface area contributed by atoms with Gasteiger partial charge in [0.1, 0.15) is 0 Å². The van der Waals surface area contributed by atoms with Gasteiger partial charge in [-0.05, 0) is 39.9 Å². The van der Waals surface area contributed by atoms with Gasteiger partial charge in [-0.2, -0.15) is 0 Å². The maximum absolute atomic E-state index is 11.7. The number of carbonyl (C=O) groups is 2. The van der Waals surface area contributed by atoms with E-state index in [1.807, 2.05) is 0 Å². The normalized spacial score (nSPS) is 14.2. The van der Waals surface area contributed by atoms with Gasteiger partial charge in [0.25, 0.3) is 0 Å². The zero-order valence-corrected chi connectivity index (χ0v) is 9.95. The van der Waals surface area contributed by atoms with E-state index in [1.54, 1.807) is 7.05 Å². The summed E-state index contributed by atoms with van der Waals surface area (Å²) in [5, 5.41) is 5.52. The first-order chi connectivity index (χ1) is 7.56. The maximum atomic E-state index is 11.7. The second-order valence-electron chi connectivity index (χ2n) is 3.67. The molecule has 0 aromatic heterocycles. The van der Waals surface area contributed by atoms with Crippen molar-refractivity contribution in [2.75, 3.05) is 20.1 Å². The van der Waals surface area contributed by atoms with E-state index in [1.165, 1.54) is 6.92 Å². The molecule has 0 fully saturated rings. The third-order valence-electron chi connectivity index (χ3n) is 2.38. The highest BCUT2D eigenvalue weighted by Crippen LogP contribution is 1.96. The van der Waals surface area contributed by atoms with E-state index in [0.29, 0.717) is 25.9 Å². The lowest BCUT2D eigenvalue weighted by Gasteiger charge is -2.20. The Balaban J connectivity index is 4.31. The molecular formula is C10H22N4O2. The van der Waals surface area contributed by atoms with Crippen molar-refractivity contribution in [3.05, 3.63) is 0 Å². The first-order valence-electron chi connectivity index (χ1n) is 5.45. The molecule has 0 aromatic carbocycles. The number of ketones is 1. The predicted molar refractivity (Wildman–Crippen MR) is 62.8 cm³/mol. The summed E-state index contributed by atoms with van der Waals surface area (Å²) in [6, 6.07) is -0.851. The summed E-state index contributed by atoms with van der Waals surface area (Å²) >= 11 is 0. The standard InChI is InChI=1S/C10H22N4O2/c1-7(15)8(3-5-11)14-10(16)9(13-2)4-6-12/h8-9,13H,3-6,11-12H2,1-2H3,(H,14,16)/t8-,9-/m0/s1. The monoisotopic (exact) mass is 230 g/mol. The SMILES string of the molecule is CN[C@@H](CCN)C(=O)N[C@@H](CCN)C(C)=O. The quantitative estimate of drug-likeness (QED) is 0.399. The Bertz CT molecular complexity index is 233. The van der Waals surface area contributed by atoms with Crippen LogP contribution in [0, 0.1) is 0 Å². The first-order valence-corrected chi connectivity index (χ1v) is 5.45. The van der Waals surface area contributed by atoms with Gasteiger partial charge in [-0.25, -0.2) is 0 Å². The lowest BCUT2D eigenvalue weighted by molar-refractivity contribution is -0.128. The molecule has 0 unspecified atom stereocenters. The molecule has 0 heterocycles. The minimum absolute atomic E-state index is 0.0820. The third-order valence-corrected chi connectivity index (χ3v) is 2.38. The highest BCUT2D eigenvalue weighted by Gasteiger charge is 2.21. The molecule has 16 heavy (non-hydrogen) atoms. The van der Waals surface area contributed by atoms with E-state index >= 15 is 0 Å². The van der Waals surface area contributed by atoms with Crippen LogP contribution in [-0.4, -0.2) is 43.9 Å². The highest BCUT2D eigenvalue weighted by molar-refractivity contribution is 5.89. The van der Waals surface area contributed by atoms with E-state index in [-0.39, 0.29) is 17.7 Å². The van der Waals surface area contributed by atoms with E-state index < -0.39 is 6.04 Å². The molecule has 0 aliphatic carbocycles. The van der Waals surface area contributed by atoms with Crippen LogP contribution in [0.15, 0.2) is 0 Å². The number of rotatable bonds is 8. The minimum atomic E-state index is -0.494. The lowest BCUT2D eigenvalue weighted by atomic mass is 10.1. The van der Waals surface area contributed by atoms with Crippen molar-refractivity contribution in [2.45, 2.75) is 31.8 Å². The highest BCUT2D eigenvalue weighted by atomic mass is 16.2. The van der Waals surface area contributed by atoms with Gasteiger partial charge in [0.15, 0.2) is 5.78 Å². The van der Waals surface area contributed by atoms with Crippen LogP contribution in [0.2, 0.25) is 0 Å². The fraction of sp³-hybridized carbons (Fsp3) is 0.800. The van der Waals surface area contributed by atoms with Crippen molar-refractivity contribution in [1.82, 2.24) is 10.6 Å². The molecule has 0 bridgehead atoms. The van der Waals surface area contributed by atoms with Crippen molar-refractivity contribution in [2.24, 2.45) is 11.5 Å². The average molecular weight is 230 g/mol. The van der Waals surface area contributed by atoms with Crippen molar-refractivity contribution in [3.8, 4) is 0 Å². The fourth-order valence-electron chi connectivity index (χ4n) is 1.39. The van der Waals surface area contributed by atoms with Crippen LogP contribution >= 0.6 is 0 Å². The number of amides is 1. The molecule has 0 radical (unpaired) electrons. The fourth-order valence-corrected chi connectivity index (χ4v) is 1.39. The van der Waals surface area contributed by atoms with E-state index in [4.69, 9.17) is 11.5 Å². The number of likely N-dealkylation sites (N-methyl/N-ethyl adjacent to an activating group) is 1. The Morgan fingerprint density at radius 2 is 1.62 bits per heavy atom. The summed E-state index contributed by atoms with van der Waals surface area (Å²) in [6.45, 7) is 2.23.